The molecule has 0 amide bonds. The second-order valence-electron chi connectivity index (χ2n) is 0.991. The fourth-order valence-corrected chi connectivity index (χ4v) is 0.471. The van der Waals surface area contributed by atoms with Crippen molar-refractivity contribution in [1.29, 1.82) is 0 Å². The van der Waals surface area contributed by atoms with E-state index in [0.29, 0.717) is 0 Å². The fraction of sp³-hybridized carbons (Fsp3) is 0.500. The van der Waals surface area contributed by atoms with Gasteiger partial charge in [-0.05, 0) is 11.9 Å². The zero-order chi connectivity index (χ0) is 6.41. The number of carboxylic acid groups (broad SMARTS) is 1. The number of hydrogen-bond donors (Lipinski definition) is 1. The van der Waals surface area contributed by atoms with Crippen molar-refractivity contribution in [3.63, 3.8) is 0 Å². The summed E-state index contributed by atoms with van der Waals surface area (Å²) in [6, 6.07) is 0. The van der Waals surface area contributed by atoms with Crippen LogP contribution in [-0.2, 0) is 4.79 Å². The Kier molecular flexibility index (Phi) is 4.35. The largest absolute Gasteiger partial charge is 0.477 e. The molecule has 0 rings (SSSR count). The van der Waals surface area contributed by atoms with Gasteiger partial charge in [-0.15, -0.1) is 0 Å². The molecule has 0 aromatic heterocycles. The third-order valence-electron chi connectivity index (χ3n) is 0.367. The second-order valence-corrected chi connectivity index (χ2v) is 2.04. The maximum atomic E-state index is 9.71. The Morgan fingerprint density at radius 3 is 3.00 bits per heavy atom. The highest BCUT2D eigenvalue weighted by molar-refractivity contribution is 7.98. The molecule has 0 radical (unpaired) electrons. The molecule has 46 valence electrons. The number of carbonyl (C=O) groups is 1. The summed E-state index contributed by atoms with van der Waals surface area (Å²) in [4.78, 5) is 9.71. The summed E-state index contributed by atoms with van der Waals surface area (Å²) in [7, 11) is 0. The van der Waals surface area contributed by atoms with Gasteiger partial charge in [0, 0.05) is 5.75 Å². The smallest absolute Gasteiger partial charge is 0.347 e. The predicted molar refractivity (Wildman–Crippen MR) is 34.3 cm³/mol. The standard InChI is InChI=1S/C4H7NO2S/c1-2-8-5-3-4(6)7/h3H,2H2,1H3,(H,6,7). The highest BCUT2D eigenvalue weighted by Crippen LogP contribution is 1.96. The SMILES string of the molecule is CCSN=CC(=O)O. The molecule has 0 saturated carbocycles. The molecular formula is C4H7NO2S. The van der Waals surface area contributed by atoms with Gasteiger partial charge in [0.2, 0.25) is 0 Å². The van der Waals surface area contributed by atoms with Crippen molar-refractivity contribution < 1.29 is 9.90 Å². The average Bonchev–Trinajstić information content (AvgIpc) is 1.66. The van der Waals surface area contributed by atoms with E-state index in [1.807, 2.05) is 6.92 Å². The van der Waals surface area contributed by atoms with Gasteiger partial charge in [0.05, 0.1) is 0 Å². The van der Waals surface area contributed by atoms with E-state index < -0.39 is 5.97 Å². The number of carboxylic acids is 1. The predicted octanol–water partition coefficient (Wildman–Crippen LogP) is 0.810. The van der Waals surface area contributed by atoms with E-state index in [9.17, 15) is 4.79 Å². The van der Waals surface area contributed by atoms with Gasteiger partial charge in [-0.1, -0.05) is 6.92 Å². The topological polar surface area (TPSA) is 49.7 Å². The normalized spacial score (nSPS) is 10.1. The molecule has 0 heterocycles. The highest BCUT2D eigenvalue weighted by atomic mass is 32.2. The van der Waals surface area contributed by atoms with E-state index in [4.69, 9.17) is 5.11 Å². The molecule has 1 N–H and O–H groups in total. The summed E-state index contributed by atoms with van der Waals surface area (Å²) >= 11 is 1.23. The Morgan fingerprint density at radius 2 is 2.62 bits per heavy atom. The van der Waals surface area contributed by atoms with Gasteiger partial charge in [0.1, 0.15) is 6.21 Å². The Morgan fingerprint density at radius 1 is 2.00 bits per heavy atom. The van der Waals surface area contributed by atoms with Crippen LogP contribution in [0.1, 0.15) is 6.92 Å². The van der Waals surface area contributed by atoms with Crippen LogP contribution in [0.5, 0.6) is 0 Å². The Balaban J connectivity index is 3.20. The van der Waals surface area contributed by atoms with Crippen molar-refractivity contribution in [2.45, 2.75) is 6.92 Å². The second kappa shape index (κ2) is 4.64. The van der Waals surface area contributed by atoms with Crippen molar-refractivity contribution in [3.8, 4) is 0 Å². The van der Waals surface area contributed by atoms with Gasteiger partial charge in [-0.2, -0.15) is 0 Å². The molecule has 0 saturated heterocycles. The maximum absolute atomic E-state index is 9.71. The highest BCUT2D eigenvalue weighted by Gasteiger charge is 1.83. The first-order valence-corrected chi connectivity index (χ1v) is 3.10. The molecule has 0 aliphatic heterocycles. The van der Waals surface area contributed by atoms with Crippen LogP contribution in [0.25, 0.3) is 0 Å². The van der Waals surface area contributed by atoms with Crippen molar-refractivity contribution >= 4 is 24.1 Å². The molecule has 0 aromatic carbocycles. The van der Waals surface area contributed by atoms with Crippen molar-refractivity contribution in [2.24, 2.45) is 4.40 Å². The molecule has 0 unspecified atom stereocenters. The van der Waals surface area contributed by atoms with Crippen LogP contribution in [0.15, 0.2) is 4.40 Å². The lowest BCUT2D eigenvalue weighted by Crippen LogP contribution is -1.93. The lowest BCUT2D eigenvalue weighted by molar-refractivity contribution is -0.128. The molecule has 4 heteroatoms. The van der Waals surface area contributed by atoms with Crippen LogP contribution in [0.4, 0.5) is 0 Å². The van der Waals surface area contributed by atoms with Gasteiger partial charge in [0.15, 0.2) is 0 Å². The number of aliphatic carboxylic acids is 1. The van der Waals surface area contributed by atoms with Crippen molar-refractivity contribution in [2.75, 3.05) is 5.75 Å². The van der Waals surface area contributed by atoms with Crippen LogP contribution in [0, 0.1) is 0 Å². The lowest BCUT2D eigenvalue weighted by atomic mass is 10.8. The Hall–Kier alpha value is -0.510. The molecule has 0 aromatic rings. The van der Waals surface area contributed by atoms with Crippen molar-refractivity contribution in [1.82, 2.24) is 0 Å². The van der Waals surface area contributed by atoms with Gasteiger partial charge in [-0.3, -0.25) is 0 Å². The first-order valence-electron chi connectivity index (χ1n) is 2.15. The third-order valence-corrected chi connectivity index (χ3v) is 0.879. The van der Waals surface area contributed by atoms with Gasteiger partial charge in [0.25, 0.3) is 0 Å². The molecule has 8 heavy (non-hydrogen) atoms. The van der Waals surface area contributed by atoms with Crippen LogP contribution >= 0.6 is 11.9 Å². The summed E-state index contributed by atoms with van der Waals surface area (Å²) in [5, 5.41) is 7.98. The lowest BCUT2D eigenvalue weighted by Gasteiger charge is -1.79. The van der Waals surface area contributed by atoms with Crippen molar-refractivity contribution in [3.05, 3.63) is 0 Å². The zero-order valence-corrected chi connectivity index (χ0v) is 5.31. The summed E-state index contributed by atoms with van der Waals surface area (Å²) in [5.41, 5.74) is 0. The molecule has 0 aliphatic carbocycles. The van der Waals surface area contributed by atoms with Crippen LogP contribution < -0.4 is 0 Å². The first kappa shape index (κ1) is 7.49. The molecule has 0 fully saturated rings. The number of rotatable bonds is 3. The van der Waals surface area contributed by atoms with Crippen LogP contribution in [-0.4, -0.2) is 23.0 Å². The average molecular weight is 133 g/mol. The minimum Gasteiger partial charge on any atom is -0.477 e. The molecule has 0 spiro atoms. The van der Waals surface area contributed by atoms with E-state index in [1.165, 1.54) is 11.9 Å². The summed E-state index contributed by atoms with van der Waals surface area (Å²) in [5.74, 6) is -0.185. The Labute approximate surface area is 51.9 Å². The fourth-order valence-electron chi connectivity index (χ4n) is 0.157. The molecule has 0 atom stereocenters. The molecular weight excluding hydrogens is 126 g/mol. The summed E-state index contributed by atoms with van der Waals surface area (Å²) in [6.07, 6.45) is 0.883. The maximum Gasteiger partial charge on any atom is 0.347 e. The van der Waals surface area contributed by atoms with Gasteiger partial charge in [-0.25, -0.2) is 9.19 Å². The van der Waals surface area contributed by atoms with E-state index in [0.717, 1.165) is 12.0 Å². The third kappa shape index (κ3) is 5.49. The summed E-state index contributed by atoms with van der Waals surface area (Å²) < 4.78 is 3.48. The number of hydrogen-bond acceptors (Lipinski definition) is 3. The minimum absolute atomic E-state index is 0.809. The van der Waals surface area contributed by atoms with Gasteiger partial charge < -0.3 is 5.11 Å². The van der Waals surface area contributed by atoms with E-state index in [-0.39, 0.29) is 0 Å². The molecule has 3 nitrogen and oxygen atoms in total. The van der Waals surface area contributed by atoms with E-state index >= 15 is 0 Å². The van der Waals surface area contributed by atoms with E-state index in [2.05, 4.69) is 4.40 Å². The molecule has 0 bridgehead atoms. The van der Waals surface area contributed by atoms with Crippen LogP contribution in [0.2, 0.25) is 0 Å². The van der Waals surface area contributed by atoms with Crippen LogP contribution in [0.3, 0.4) is 0 Å². The number of nitrogens with zero attached hydrogens (tertiary/aromatic N) is 1. The van der Waals surface area contributed by atoms with Gasteiger partial charge >= 0.3 is 5.97 Å². The monoisotopic (exact) mass is 133 g/mol. The quantitative estimate of drug-likeness (QED) is 0.458. The van der Waals surface area contributed by atoms with E-state index in [1.54, 1.807) is 0 Å². The summed E-state index contributed by atoms with van der Waals surface area (Å²) in [6.45, 7) is 1.91. The minimum atomic E-state index is -0.994. The first-order chi connectivity index (χ1) is 3.77. The molecule has 0 aliphatic rings. The zero-order valence-electron chi connectivity index (χ0n) is 4.50. The Bertz CT molecular complexity index is 102.